The zero-order valence-corrected chi connectivity index (χ0v) is 21.5. The number of aromatic nitrogens is 4. The predicted octanol–water partition coefficient (Wildman–Crippen LogP) is 5.03. The first-order valence-corrected chi connectivity index (χ1v) is 13.3. The second-order valence-corrected chi connectivity index (χ2v) is 10.3. The Morgan fingerprint density at radius 3 is 2.52 bits per heavy atom. The number of piperidine rings is 1. The third-order valence-electron chi connectivity index (χ3n) is 7.70. The summed E-state index contributed by atoms with van der Waals surface area (Å²) in [5.74, 6) is -1.42. The molecule has 0 bridgehead atoms. The minimum atomic E-state index is -2.87. The number of fused-ring (bicyclic) bond motifs is 1. The van der Waals surface area contributed by atoms with Crippen molar-refractivity contribution >= 4 is 23.1 Å². The van der Waals surface area contributed by atoms with Gasteiger partial charge in [-0.05, 0) is 56.0 Å². The summed E-state index contributed by atoms with van der Waals surface area (Å²) in [6.07, 6.45) is 4.62. The Labute approximate surface area is 227 Å². The van der Waals surface area contributed by atoms with Crippen LogP contribution in [0.4, 0.5) is 18.9 Å². The summed E-state index contributed by atoms with van der Waals surface area (Å²) in [7, 11) is 0. The second-order valence-electron chi connectivity index (χ2n) is 10.3. The molecule has 2 amide bonds. The number of hydrogen-bond acceptors (Lipinski definition) is 6. The first-order chi connectivity index (χ1) is 19.4. The minimum Gasteiger partial charge on any atom is -0.415 e. The smallest absolute Gasteiger partial charge is 0.314 e. The molecule has 1 aliphatic heterocycles. The van der Waals surface area contributed by atoms with Gasteiger partial charge in [-0.25, -0.2) is 9.37 Å². The zero-order chi connectivity index (χ0) is 27.8. The summed E-state index contributed by atoms with van der Waals surface area (Å²) in [4.78, 5) is 34.4. The van der Waals surface area contributed by atoms with E-state index in [1.54, 1.807) is 41.1 Å². The van der Waals surface area contributed by atoms with Crippen LogP contribution in [0.5, 0.6) is 0 Å². The summed E-state index contributed by atoms with van der Waals surface area (Å²) in [6, 6.07) is 9.13. The lowest BCUT2D eigenvalue weighted by Crippen LogP contribution is -2.47. The van der Waals surface area contributed by atoms with Crippen molar-refractivity contribution < 1.29 is 27.2 Å². The molecule has 9 nitrogen and oxygen atoms in total. The molecule has 3 aromatic heterocycles. The number of alkyl halides is 2. The van der Waals surface area contributed by atoms with Crippen LogP contribution in [-0.2, 0) is 16.1 Å². The number of hydrogen-bond donors (Lipinski definition) is 0. The molecule has 2 aliphatic rings. The van der Waals surface area contributed by atoms with Gasteiger partial charge in [0, 0.05) is 48.6 Å². The highest BCUT2D eigenvalue weighted by atomic mass is 19.3. The van der Waals surface area contributed by atoms with Crippen molar-refractivity contribution in [2.24, 2.45) is 11.8 Å². The van der Waals surface area contributed by atoms with Gasteiger partial charge in [-0.2, -0.15) is 8.78 Å². The fraction of sp³-hybridized carbons (Fsp3) is 0.393. The lowest BCUT2D eigenvalue weighted by molar-refractivity contribution is -0.141. The third kappa shape index (κ3) is 5.17. The number of likely N-dealkylation sites (tertiary alicyclic amines) is 1. The van der Waals surface area contributed by atoms with Gasteiger partial charge in [0.05, 0.1) is 12.2 Å². The Morgan fingerprint density at radius 2 is 1.85 bits per heavy atom. The van der Waals surface area contributed by atoms with E-state index < -0.39 is 18.1 Å². The van der Waals surface area contributed by atoms with Crippen molar-refractivity contribution in [3.05, 3.63) is 66.2 Å². The van der Waals surface area contributed by atoms with Crippen molar-refractivity contribution in [2.75, 3.05) is 18.0 Å². The number of halogens is 3. The molecule has 4 heterocycles. The number of imidazole rings is 1. The standard InChI is InChI=1S/C28H27F3N6O3/c29-20-5-2-6-22(14-20)37(28(39)18-7-10-35(11-8-18)27(38)17-3-1-4-17)16-21-15-36-12-9-19(13-23(36)32-21)25-33-34-26(40-25)24(30)31/h2,5-6,9,12-15,17-18,24H,1,3-4,7-8,10-11,16H2. The highest BCUT2D eigenvalue weighted by Crippen LogP contribution is 2.31. The van der Waals surface area contributed by atoms with Crippen molar-refractivity contribution in [3.63, 3.8) is 0 Å². The number of carbonyl (C=O) groups excluding carboxylic acids is 2. The van der Waals surface area contributed by atoms with E-state index in [1.807, 2.05) is 4.90 Å². The number of pyridine rings is 1. The molecule has 0 unspecified atom stereocenters. The van der Waals surface area contributed by atoms with Crippen LogP contribution in [0.15, 0.2) is 53.2 Å². The highest BCUT2D eigenvalue weighted by molar-refractivity contribution is 5.95. The van der Waals surface area contributed by atoms with Crippen LogP contribution in [0.2, 0.25) is 0 Å². The van der Waals surface area contributed by atoms with Gasteiger partial charge in [-0.3, -0.25) is 9.59 Å². The summed E-state index contributed by atoms with van der Waals surface area (Å²) < 4.78 is 46.7. The third-order valence-corrected chi connectivity index (χ3v) is 7.70. The summed E-state index contributed by atoms with van der Waals surface area (Å²) in [6.45, 7) is 1.16. The first kappa shape index (κ1) is 26.0. The summed E-state index contributed by atoms with van der Waals surface area (Å²) in [5.41, 5.74) is 1.87. The van der Waals surface area contributed by atoms with Crippen LogP contribution < -0.4 is 4.90 Å². The Balaban J connectivity index is 1.22. The van der Waals surface area contributed by atoms with E-state index in [4.69, 9.17) is 4.42 Å². The van der Waals surface area contributed by atoms with Gasteiger partial charge in [0.1, 0.15) is 11.5 Å². The molecular weight excluding hydrogens is 525 g/mol. The van der Waals surface area contributed by atoms with Gasteiger partial charge in [-0.15, -0.1) is 10.2 Å². The van der Waals surface area contributed by atoms with Crippen molar-refractivity contribution in [1.82, 2.24) is 24.5 Å². The fourth-order valence-corrected chi connectivity index (χ4v) is 5.27. The highest BCUT2D eigenvalue weighted by Gasteiger charge is 2.35. The lowest BCUT2D eigenvalue weighted by atomic mass is 9.83. The van der Waals surface area contributed by atoms with Crippen LogP contribution in [0.1, 0.15) is 50.1 Å². The number of anilines is 1. The number of carbonyl (C=O) groups is 2. The molecule has 1 saturated heterocycles. The molecule has 0 N–H and O–H groups in total. The molecule has 2 fully saturated rings. The van der Waals surface area contributed by atoms with Crippen LogP contribution in [0.25, 0.3) is 17.1 Å². The number of benzene rings is 1. The fourth-order valence-electron chi connectivity index (χ4n) is 5.27. The molecular formula is C28H27F3N6O3. The maximum Gasteiger partial charge on any atom is 0.314 e. The minimum absolute atomic E-state index is 0.0546. The van der Waals surface area contributed by atoms with Gasteiger partial charge in [-0.1, -0.05) is 12.5 Å². The van der Waals surface area contributed by atoms with E-state index in [0.717, 1.165) is 19.3 Å². The molecule has 0 spiro atoms. The summed E-state index contributed by atoms with van der Waals surface area (Å²) in [5, 5.41) is 7.04. The SMILES string of the molecule is O=C(C1CCC1)N1CCC(C(=O)N(Cc2cn3ccc(-c4nnc(C(F)F)o4)cc3n2)c2cccc(F)c2)CC1. The van der Waals surface area contributed by atoms with E-state index in [-0.39, 0.29) is 36.1 Å². The molecule has 1 aliphatic carbocycles. The number of nitrogens with zero attached hydrogens (tertiary/aromatic N) is 6. The van der Waals surface area contributed by atoms with E-state index in [0.29, 0.717) is 48.5 Å². The Bertz CT molecular complexity index is 1540. The maximum absolute atomic E-state index is 14.2. The van der Waals surface area contributed by atoms with Gasteiger partial charge >= 0.3 is 6.43 Å². The van der Waals surface area contributed by atoms with Crippen LogP contribution in [0.3, 0.4) is 0 Å². The van der Waals surface area contributed by atoms with E-state index in [2.05, 4.69) is 15.2 Å². The second kappa shape index (κ2) is 10.7. The normalized spacial score (nSPS) is 16.4. The molecule has 4 aromatic rings. The molecule has 0 radical (unpaired) electrons. The molecule has 6 rings (SSSR count). The summed E-state index contributed by atoms with van der Waals surface area (Å²) >= 11 is 0. The molecule has 0 atom stereocenters. The molecule has 12 heteroatoms. The molecule has 1 aromatic carbocycles. The molecule has 208 valence electrons. The van der Waals surface area contributed by atoms with Gasteiger partial charge < -0.3 is 18.6 Å². The van der Waals surface area contributed by atoms with E-state index >= 15 is 0 Å². The molecule has 1 saturated carbocycles. The number of amides is 2. The van der Waals surface area contributed by atoms with Crippen molar-refractivity contribution in [2.45, 2.75) is 45.1 Å². The average molecular weight is 553 g/mol. The lowest BCUT2D eigenvalue weighted by Gasteiger charge is -2.37. The molecule has 40 heavy (non-hydrogen) atoms. The Morgan fingerprint density at radius 1 is 1.05 bits per heavy atom. The van der Waals surface area contributed by atoms with Crippen molar-refractivity contribution in [1.29, 1.82) is 0 Å². The van der Waals surface area contributed by atoms with Gasteiger partial charge in [0.25, 0.3) is 5.89 Å². The van der Waals surface area contributed by atoms with Gasteiger partial charge in [0.15, 0.2) is 0 Å². The topological polar surface area (TPSA) is 96.8 Å². The first-order valence-electron chi connectivity index (χ1n) is 13.3. The predicted molar refractivity (Wildman–Crippen MR) is 138 cm³/mol. The quantitative estimate of drug-likeness (QED) is 0.319. The Kier molecular flexibility index (Phi) is 6.99. The van der Waals surface area contributed by atoms with Gasteiger partial charge in [0.2, 0.25) is 17.7 Å². The zero-order valence-electron chi connectivity index (χ0n) is 21.5. The van der Waals surface area contributed by atoms with Crippen LogP contribution in [0, 0.1) is 17.7 Å². The van der Waals surface area contributed by atoms with Crippen LogP contribution >= 0.6 is 0 Å². The monoisotopic (exact) mass is 552 g/mol. The van der Waals surface area contributed by atoms with Crippen LogP contribution in [-0.4, -0.2) is 49.4 Å². The van der Waals surface area contributed by atoms with E-state index in [1.165, 1.54) is 17.0 Å². The van der Waals surface area contributed by atoms with E-state index in [9.17, 15) is 22.8 Å². The average Bonchev–Trinajstić information content (AvgIpc) is 3.57. The number of rotatable bonds is 7. The largest absolute Gasteiger partial charge is 0.415 e. The Hall–Kier alpha value is -4.22. The maximum atomic E-state index is 14.2. The van der Waals surface area contributed by atoms with Crippen molar-refractivity contribution in [3.8, 4) is 11.5 Å².